The number of nitriles is 1. The standard InChI is InChI=1S/C10H7NO3/c1-6(13)9-2-8(5-12)7(4-11)3-10(9)14/h2-3,5,14H,1H3. The fourth-order valence-corrected chi connectivity index (χ4v) is 1.08. The molecule has 1 rings (SSSR count). The van der Waals surface area contributed by atoms with Crippen molar-refractivity contribution in [3.63, 3.8) is 0 Å². The highest BCUT2D eigenvalue weighted by Crippen LogP contribution is 2.21. The molecular formula is C10H7NO3. The average molecular weight is 189 g/mol. The number of rotatable bonds is 2. The molecule has 0 aliphatic rings. The summed E-state index contributed by atoms with van der Waals surface area (Å²) in [6.07, 6.45) is 0.477. The molecule has 14 heavy (non-hydrogen) atoms. The Morgan fingerprint density at radius 1 is 1.57 bits per heavy atom. The number of ketones is 1. The van der Waals surface area contributed by atoms with Gasteiger partial charge >= 0.3 is 0 Å². The summed E-state index contributed by atoms with van der Waals surface area (Å²) in [6, 6.07) is 4.07. The second-order valence-corrected chi connectivity index (χ2v) is 2.74. The molecule has 0 fully saturated rings. The number of hydrogen-bond donors (Lipinski definition) is 1. The van der Waals surface area contributed by atoms with Gasteiger partial charge in [0.2, 0.25) is 0 Å². The predicted molar refractivity (Wildman–Crippen MR) is 48.2 cm³/mol. The topological polar surface area (TPSA) is 78.2 Å². The fourth-order valence-electron chi connectivity index (χ4n) is 1.08. The molecule has 0 atom stereocenters. The first-order chi connectivity index (χ1) is 6.60. The lowest BCUT2D eigenvalue weighted by atomic mass is 10.0. The molecule has 4 heteroatoms. The molecular weight excluding hydrogens is 182 g/mol. The van der Waals surface area contributed by atoms with E-state index in [1.807, 2.05) is 0 Å². The summed E-state index contributed by atoms with van der Waals surface area (Å²) in [5.74, 6) is -0.630. The van der Waals surface area contributed by atoms with Crippen LogP contribution < -0.4 is 0 Å². The summed E-state index contributed by atoms with van der Waals surface area (Å²) in [7, 11) is 0. The van der Waals surface area contributed by atoms with Crippen molar-refractivity contribution in [2.24, 2.45) is 0 Å². The molecule has 0 heterocycles. The minimum Gasteiger partial charge on any atom is -0.507 e. The molecule has 0 saturated carbocycles. The van der Waals surface area contributed by atoms with E-state index >= 15 is 0 Å². The van der Waals surface area contributed by atoms with Gasteiger partial charge < -0.3 is 5.11 Å². The fraction of sp³-hybridized carbons (Fsp3) is 0.100. The van der Waals surface area contributed by atoms with Crippen LogP contribution in [0.25, 0.3) is 0 Å². The van der Waals surface area contributed by atoms with Crippen LogP contribution in [0.3, 0.4) is 0 Å². The highest BCUT2D eigenvalue weighted by Gasteiger charge is 2.11. The summed E-state index contributed by atoms with van der Waals surface area (Å²) >= 11 is 0. The van der Waals surface area contributed by atoms with Gasteiger partial charge in [-0.2, -0.15) is 5.26 Å². The number of Topliss-reactive ketones (excluding diaryl/α,β-unsaturated/α-hetero) is 1. The van der Waals surface area contributed by atoms with Gasteiger partial charge in [-0.1, -0.05) is 0 Å². The van der Waals surface area contributed by atoms with Gasteiger partial charge in [-0.05, 0) is 19.1 Å². The number of nitrogens with zero attached hydrogens (tertiary/aromatic N) is 1. The SMILES string of the molecule is CC(=O)c1cc(C=O)c(C#N)cc1O. The molecule has 0 aliphatic heterocycles. The average Bonchev–Trinajstić information content (AvgIpc) is 2.16. The zero-order valence-electron chi connectivity index (χ0n) is 7.44. The van der Waals surface area contributed by atoms with Gasteiger partial charge in [0.1, 0.15) is 11.8 Å². The van der Waals surface area contributed by atoms with Gasteiger partial charge in [0.15, 0.2) is 12.1 Å². The summed E-state index contributed by atoms with van der Waals surface area (Å²) in [4.78, 5) is 21.5. The Morgan fingerprint density at radius 3 is 2.64 bits per heavy atom. The maximum atomic E-state index is 11.0. The van der Waals surface area contributed by atoms with Gasteiger partial charge in [-0.3, -0.25) is 9.59 Å². The summed E-state index contributed by atoms with van der Waals surface area (Å²) in [5, 5.41) is 17.9. The van der Waals surface area contributed by atoms with Crippen molar-refractivity contribution in [2.75, 3.05) is 0 Å². The van der Waals surface area contributed by atoms with Crippen LogP contribution in [0.4, 0.5) is 0 Å². The van der Waals surface area contributed by atoms with Crippen LogP contribution in [0.2, 0.25) is 0 Å². The molecule has 0 bridgehead atoms. The lowest BCUT2D eigenvalue weighted by Gasteiger charge is -2.02. The van der Waals surface area contributed by atoms with E-state index in [2.05, 4.69) is 0 Å². The minimum absolute atomic E-state index is 0.0473. The van der Waals surface area contributed by atoms with Gasteiger partial charge in [-0.15, -0.1) is 0 Å². The van der Waals surface area contributed by atoms with Crippen LogP contribution in [0, 0.1) is 11.3 Å². The van der Waals surface area contributed by atoms with Crippen LogP contribution in [-0.4, -0.2) is 17.2 Å². The van der Waals surface area contributed by atoms with E-state index in [1.54, 1.807) is 6.07 Å². The highest BCUT2D eigenvalue weighted by atomic mass is 16.3. The largest absolute Gasteiger partial charge is 0.507 e. The number of aldehydes is 1. The van der Waals surface area contributed by atoms with E-state index in [-0.39, 0.29) is 28.2 Å². The Hall–Kier alpha value is -2.15. The Morgan fingerprint density at radius 2 is 2.21 bits per heavy atom. The van der Waals surface area contributed by atoms with Crippen LogP contribution in [0.15, 0.2) is 12.1 Å². The first-order valence-electron chi connectivity index (χ1n) is 3.83. The minimum atomic E-state index is -0.352. The van der Waals surface area contributed by atoms with E-state index in [0.717, 1.165) is 6.07 Å². The Kier molecular flexibility index (Phi) is 2.63. The molecule has 1 N–H and O–H groups in total. The summed E-state index contributed by atoms with van der Waals surface area (Å²) in [6.45, 7) is 1.27. The Labute approximate surface area is 80.4 Å². The number of carbonyl (C=O) groups is 2. The number of carbonyl (C=O) groups excluding carboxylic acids is 2. The number of benzene rings is 1. The van der Waals surface area contributed by atoms with E-state index < -0.39 is 0 Å². The lowest BCUT2D eigenvalue weighted by molar-refractivity contribution is 0.101. The zero-order chi connectivity index (χ0) is 10.7. The first kappa shape index (κ1) is 9.93. The molecule has 4 nitrogen and oxygen atoms in total. The lowest BCUT2D eigenvalue weighted by Crippen LogP contribution is -1.97. The molecule has 70 valence electrons. The summed E-state index contributed by atoms with van der Waals surface area (Å²) < 4.78 is 0. The van der Waals surface area contributed by atoms with Crippen molar-refractivity contribution < 1.29 is 14.7 Å². The first-order valence-corrected chi connectivity index (χ1v) is 3.83. The normalized spacial score (nSPS) is 9.14. The Balaban J connectivity index is 3.47. The number of hydrogen-bond acceptors (Lipinski definition) is 4. The third kappa shape index (κ3) is 1.62. The quantitative estimate of drug-likeness (QED) is 0.561. The number of aromatic hydroxyl groups is 1. The number of phenols is 1. The van der Waals surface area contributed by atoms with E-state index in [0.29, 0.717) is 6.29 Å². The monoisotopic (exact) mass is 189 g/mol. The van der Waals surface area contributed by atoms with Crippen LogP contribution in [0.1, 0.15) is 33.2 Å². The van der Waals surface area contributed by atoms with Crippen LogP contribution in [0.5, 0.6) is 5.75 Å². The molecule has 0 saturated heterocycles. The van der Waals surface area contributed by atoms with Gasteiger partial charge in [0, 0.05) is 5.56 Å². The maximum Gasteiger partial charge on any atom is 0.163 e. The predicted octanol–water partition coefficient (Wildman–Crippen LogP) is 1.28. The molecule has 0 spiro atoms. The third-order valence-corrected chi connectivity index (χ3v) is 1.79. The smallest absolute Gasteiger partial charge is 0.163 e. The zero-order valence-corrected chi connectivity index (χ0v) is 7.44. The molecule has 1 aromatic rings. The molecule has 0 amide bonds. The van der Waals surface area contributed by atoms with E-state index in [1.165, 1.54) is 13.0 Å². The van der Waals surface area contributed by atoms with Gasteiger partial charge in [0.25, 0.3) is 0 Å². The molecule has 0 aliphatic carbocycles. The number of phenolic OH excluding ortho intramolecular Hbond substituents is 1. The van der Waals surface area contributed by atoms with Gasteiger partial charge in [0.05, 0.1) is 11.1 Å². The highest BCUT2D eigenvalue weighted by molar-refractivity contribution is 5.98. The molecule has 0 aromatic heterocycles. The second kappa shape index (κ2) is 3.71. The Bertz CT molecular complexity index is 443. The molecule has 0 radical (unpaired) electrons. The maximum absolute atomic E-state index is 11.0. The third-order valence-electron chi connectivity index (χ3n) is 1.79. The van der Waals surface area contributed by atoms with Gasteiger partial charge in [-0.25, -0.2) is 0 Å². The van der Waals surface area contributed by atoms with Crippen molar-refractivity contribution in [3.05, 3.63) is 28.8 Å². The van der Waals surface area contributed by atoms with Crippen LogP contribution >= 0.6 is 0 Å². The second-order valence-electron chi connectivity index (χ2n) is 2.74. The van der Waals surface area contributed by atoms with Crippen molar-refractivity contribution in [3.8, 4) is 11.8 Å². The van der Waals surface area contributed by atoms with Crippen molar-refractivity contribution in [1.29, 1.82) is 5.26 Å². The molecule has 0 unspecified atom stereocenters. The van der Waals surface area contributed by atoms with Crippen LogP contribution in [-0.2, 0) is 0 Å². The van der Waals surface area contributed by atoms with E-state index in [9.17, 15) is 14.7 Å². The molecule has 1 aromatic carbocycles. The summed E-state index contributed by atoms with van der Waals surface area (Å²) in [5.41, 5.74) is 0.212. The van der Waals surface area contributed by atoms with Crippen molar-refractivity contribution in [1.82, 2.24) is 0 Å². The van der Waals surface area contributed by atoms with Crippen molar-refractivity contribution >= 4 is 12.1 Å². The van der Waals surface area contributed by atoms with Crippen molar-refractivity contribution in [2.45, 2.75) is 6.92 Å². The van der Waals surface area contributed by atoms with E-state index in [4.69, 9.17) is 5.26 Å².